The van der Waals surface area contributed by atoms with E-state index in [1.165, 1.54) is 51.9 Å². The van der Waals surface area contributed by atoms with Crippen molar-refractivity contribution >= 4 is 0 Å². The maximum atomic E-state index is 3.53. The van der Waals surface area contributed by atoms with Crippen molar-refractivity contribution in [3.63, 3.8) is 0 Å². The molecule has 0 aromatic heterocycles. The van der Waals surface area contributed by atoms with Crippen LogP contribution in [0, 0.1) is 0 Å². The normalized spacial score (nSPS) is 23.4. The summed E-state index contributed by atoms with van der Waals surface area (Å²) in [5, 5.41) is 3.53. The molecule has 0 spiro atoms. The van der Waals surface area contributed by atoms with E-state index >= 15 is 0 Å². The number of rotatable bonds is 5. The third-order valence-corrected chi connectivity index (χ3v) is 3.26. The second-order valence-electron chi connectivity index (χ2n) is 4.99. The first kappa shape index (κ1) is 12.9. The molecule has 1 N–H and O–H groups in total. The van der Waals surface area contributed by atoms with Crippen molar-refractivity contribution in [3.05, 3.63) is 0 Å². The minimum atomic E-state index is 0.759. The number of nitrogens with one attached hydrogen (secondary N) is 1. The molecule has 1 atom stereocenters. The fraction of sp³-hybridized carbons (Fsp3) is 1.00. The molecule has 1 aliphatic heterocycles. The van der Waals surface area contributed by atoms with Gasteiger partial charge in [0, 0.05) is 12.6 Å². The lowest BCUT2D eigenvalue weighted by molar-refractivity contribution is 0.219. The summed E-state index contributed by atoms with van der Waals surface area (Å²) in [4.78, 5) is 4.79. The van der Waals surface area contributed by atoms with E-state index in [2.05, 4.69) is 36.3 Å². The monoisotopic (exact) mass is 213 g/mol. The van der Waals surface area contributed by atoms with Gasteiger partial charge in [0.05, 0.1) is 0 Å². The van der Waals surface area contributed by atoms with Crippen LogP contribution in [0.4, 0.5) is 0 Å². The van der Waals surface area contributed by atoms with E-state index in [0.717, 1.165) is 6.04 Å². The molecule has 0 radical (unpaired) electrons. The third-order valence-electron chi connectivity index (χ3n) is 3.26. The lowest BCUT2D eigenvalue weighted by Gasteiger charge is -2.27. The molecule has 0 aromatic rings. The second kappa shape index (κ2) is 7.20. The molecular formula is C12H27N3. The van der Waals surface area contributed by atoms with Crippen LogP contribution in [-0.2, 0) is 0 Å². The molecule has 3 heteroatoms. The summed E-state index contributed by atoms with van der Waals surface area (Å²) in [5.41, 5.74) is 0. The van der Waals surface area contributed by atoms with Gasteiger partial charge in [-0.05, 0) is 60.0 Å². The van der Waals surface area contributed by atoms with E-state index in [1.54, 1.807) is 0 Å². The van der Waals surface area contributed by atoms with Gasteiger partial charge in [0.15, 0.2) is 0 Å². The zero-order chi connectivity index (χ0) is 11.1. The lowest BCUT2D eigenvalue weighted by atomic mass is 10.1. The Morgan fingerprint density at radius 1 is 1.13 bits per heavy atom. The number of nitrogens with zero attached hydrogens (tertiary/aromatic N) is 2. The third kappa shape index (κ3) is 5.50. The summed E-state index contributed by atoms with van der Waals surface area (Å²) in [6.07, 6.45) is 5.38. The molecule has 1 aliphatic rings. The van der Waals surface area contributed by atoms with E-state index < -0.39 is 0 Å². The summed E-state index contributed by atoms with van der Waals surface area (Å²) in [5.74, 6) is 0. The standard InChI is InChI=1S/C12H27N3/c1-14(2)9-6-10-15(3)12-7-4-5-8-13-11-12/h12-13H,4-11H2,1-3H3. The molecule has 1 heterocycles. The van der Waals surface area contributed by atoms with E-state index in [-0.39, 0.29) is 0 Å². The van der Waals surface area contributed by atoms with Crippen LogP contribution >= 0.6 is 0 Å². The highest BCUT2D eigenvalue weighted by atomic mass is 15.2. The number of hydrogen-bond acceptors (Lipinski definition) is 3. The molecule has 15 heavy (non-hydrogen) atoms. The number of hydrogen-bond donors (Lipinski definition) is 1. The van der Waals surface area contributed by atoms with Gasteiger partial charge in [-0.3, -0.25) is 0 Å². The average molecular weight is 213 g/mol. The maximum Gasteiger partial charge on any atom is 0.0217 e. The summed E-state index contributed by atoms with van der Waals surface area (Å²) in [6, 6.07) is 0.759. The second-order valence-corrected chi connectivity index (χ2v) is 4.99. The summed E-state index contributed by atoms with van der Waals surface area (Å²) < 4.78 is 0. The minimum Gasteiger partial charge on any atom is -0.315 e. The van der Waals surface area contributed by atoms with Crippen LogP contribution in [0.25, 0.3) is 0 Å². The zero-order valence-electron chi connectivity index (χ0n) is 10.6. The van der Waals surface area contributed by atoms with Gasteiger partial charge >= 0.3 is 0 Å². The van der Waals surface area contributed by atoms with Gasteiger partial charge in [-0.25, -0.2) is 0 Å². The van der Waals surface area contributed by atoms with Crippen molar-refractivity contribution in [1.29, 1.82) is 0 Å². The van der Waals surface area contributed by atoms with E-state index in [0.29, 0.717) is 0 Å². The number of likely N-dealkylation sites (N-methyl/N-ethyl adjacent to an activating group) is 1. The Bertz CT molecular complexity index is 151. The molecule has 1 rings (SSSR count). The molecule has 1 saturated heterocycles. The first-order valence-electron chi connectivity index (χ1n) is 6.26. The molecule has 0 bridgehead atoms. The largest absolute Gasteiger partial charge is 0.315 e. The molecule has 1 fully saturated rings. The van der Waals surface area contributed by atoms with Crippen LogP contribution in [0.2, 0.25) is 0 Å². The predicted octanol–water partition coefficient (Wildman–Crippen LogP) is 1.01. The fourth-order valence-corrected chi connectivity index (χ4v) is 2.20. The molecule has 0 amide bonds. The average Bonchev–Trinajstić information content (AvgIpc) is 2.44. The Kier molecular flexibility index (Phi) is 6.22. The molecular weight excluding hydrogens is 186 g/mol. The Labute approximate surface area is 94.8 Å². The van der Waals surface area contributed by atoms with E-state index in [4.69, 9.17) is 0 Å². The highest BCUT2D eigenvalue weighted by Crippen LogP contribution is 2.09. The van der Waals surface area contributed by atoms with Crippen molar-refractivity contribution in [2.75, 3.05) is 47.3 Å². The van der Waals surface area contributed by atoms with Gasteiger partial charge in [-0.2, -0.15) is 0 Å². The van der Waals surface area contributed by atoms with Gasteiger partial charge in [0.25, 0.3) is 0 Å². The highest BCUT2D eigenvalue weighted by molar-refractivity contribution is 4.74. The van der Waals surface area contributed by atoms with E-state index in [9.17, 15) is 0 Å². The SMILES string of the molecule is CN(C)CCCN(C)C1CCCCNC1. The Balaban J connectivity index is 2.16. The van der Waals surface area contributed by atoms with E-state index in [1.807, 2.05) is 0 Å². The van der Waals surface area contributed by atoms with Crippen LogP contribution < -0.4 is 5.32 Å². The van der Waals surface area contributed by atoms with Crippen molar-refractivity contribution in [1.82, 2.24) is 15.1 Å². The Morgan fingerprint density at radius 3 is 2.67 bits per heavy atom. The zero-order valence-corrected chi connectivity index (χ0v) is 10.6. The summed E-state index contributed by atoms with van der Waals surface area (Å²) >= 11 is 0. The maximum absolute atomic E-state index is 3.53. The lowest BCUT2D eigenvalue weighted by Crippen LogP contribution is -2.39. The summed E-state index contributed by atoms with van der Waals surface area (Å²) in [6.45, 7) is 4.81. The molecule has 1 unspecified atom stereocenters. The predicted molar refractivity (Wildman–Crippen MR) is 66.3 cm³/mol. The van der Waals surface area contributed by atoms with Gasteiger partial charge in [-0.15, -0.1) is 0 Å². The molecule has 0 saturated carbocycles. The van der Waals surface area contributed by atoms with Crippen molar-refractivity contribution in [2.45, 2.75) is 31.7 Å². The van der Waals surface area contributed by atoms with Crippen LogP contribution in [-0.4, -0.2) is 63.2 Å². The van der Waals surface area contributed by atoms with Crippen molar-refractivity contribution < 1.29 is 0 Å². The van der Waals surface area contributed by atoms with Crippen molar-refractivity contribution in [2.24, 2.45) is 0 Å². The van der Waals surface area contributed by atoms with Crippen LogP contribution in [0.3, 0.4) is 0 Å². The first-order valence-corrected chi connectivity index (χ1v) is 6.26. The smallest absolute Gasteiger partial charge is 0.0217 e. The Hall–Kier alpha value is -0.120. The van der Waals surface area contributed by atoms with Gasteiger partial charge in [-0.1, -0.05) is 6.42 Å². The fourth-order valence-electron chi connectivity index (χ4n) is 2.20. The van der Waals surface area contributed by atoms with Gasteiger partial charge < -0.3 is 15.1 Å². The van der Waals surface area contributed by atoms with Crippen LogP contribution in [0.15, 0.2) is 0 Å². The molecule has 0 aliphatic carbocycles. The Morgan fingerprint density at radius 2 is 1.93 bits per heavy atom. The van der Waals surface area contributed by atoms with Gasteiger partial charge in [0.1, 0.15) is 0 Å². The quantitative estimate of drug-likeness (QED) is 0.735. The van der Waals surface area contributed by atoms with Gasteiger partial charge in [0.2, 0.25) is 0 Å². The minimum absolute atomic E-state index is 0.759. The highest BCUT2D eigenvalue weighted by Gasteiger charge is 2.15. The van der Waals surface area contributed by atoms with Crippen LogP contribution in [0.1, 0.15) is 25.7 Å². The first-order chi connectivity index (χ1) is 7.20. The van der Waals surface area contributed by atoms with Crippen molar-refractivity contribution in [3.8, 4) is 0 Å². The van der Waals surface area contributed by atoms with Crippen LogP contribution in [0.5, 0.6) is 0 Å². The molecule has 3 nitrogen and oxygen atoms in total. The topological polar surface area (TPSA) is 18.5 Å². The molecule has 90 valence electrons. The summed E-state index contributed by atoms with van der Waals surface area (Å²) in [7, 11) is 6.56. The molecule has 0 aromatic carbocycles.